The van der Waals surface area contributed by atoms with Crippen molar-refractivity contribution in [2.24, 2.45) is 0 Å². The lowest BCUT2D eigenvalue weighted by Crippen LogP contribution is -2.26. The van der Waals surface area contributed by atoms with E-state index in [1.54, 1.807) is 25.4 Å². The van der Waals surface area contributed by atoms with Crippen molar-refractivity contribution in [3.8, 4) is 17.0 Å². The number of carbonyl (C=O) groups excluding carboxylic acids is 1. The van der Waals surface area contributed by atoms with Crippen LogP contribution in [0.25, 0.3) is 11.3 Å². The average Bonchev–Trinajstić information content (AvgIpc) is 3.31. The smallest absolute Gasteiger partial charge is 0.253 e. The van der Waals surface area contributed by atoms with Crippen molar-refractivity contribution in [3.63, 3.8) is 0 Å². The third kappa shape index (κ3) is 2.50. The van der Waals surface area contributed by atoms with Gasteiger partial charge >= 0.3 is 0 Å². The highest BCUT2D eigenvalue weighted by molar-refractivity contribution is 6.00. The first-order valence-corrected chi connectivity index (χ1v) is 6.69. The molecule has 1 saturated carbocycles. The molecule has 1 aromatic carbocycles. The maximum atomic E-state index is 12.3. The molecule has 4 nitrogen and oxygen atoms in total. The third-order valence-electron chi connectivity index (χ3n) is 3.33. The number of rotatable bonds is 4. The number of amides is 1. The van der Waals surface area contributed by atoms with E-state index in [1.165, 1.54) is 0 Å². The molecule has 1 heterocycles. The lowest BCUT2D eigenvalue weighted by atomic mass is 10.0. The van der Waals surface area contributed by atoms with Gasteiger partial charge < -0.3 is 10.1 Å². The summed E-state index contributed by atoms with van der Waals surface area (Å²) in [5.41, 5.74) is 2.07. The molecule has 4 heteroatoms. The van der Waals surface area contributed by atoms with Gasteiger partial charge in [0.15, 0.2) is 0 Å². The Morgan fingerprint density at radius 3 is 2.80 bits per heavy atom. The topological polar surface area (TPSA) is 51.2 Å². The summed E-state index contributed by atoms with van der Waals surface area (Å²) in [5, 5.41) is 3.00. The lowest BCUT2D eigenvalue weighted by molar-refractivity contribution is 0.0951. The lowest BCUT2D eigenvalue weighted by Gasteiger charge is -2.11. The minimum atomic E-state index is -0.0680. The molecule has 1 fully saturated rings. The van der Waals surface area contributed by atoms with Gasteiger partial charge in [-0.05, 0) is 37.1 Å². The first kappa shape index (κ1) is 12.7. The number of aromatic nitrogens is 1. The van der Waals surface area contributed by atoms with E-state index in [0.717, 1.165) is 18.4 Å². The van der Waals surface area contributed by atoms with Gasteiger partial charge in [-0.3, -0.25) is 9.78 Å². The van der Waals surface area contributed by atoms with Crippen molar-refractivity contribution in [1.29, 1.82) is 0 Å². The van der Waals surface area contributed by atoms with E-state index < -0.39 is 0 Å². The number of hydrogen-bond donors (Lipinski definition) is 1. The zero-order valence-corrected chi connectivity index (χ0v) is 11.3. The molecule has 1 aromatic heterocycles. The average molecular weight is 268 g/mol. The number of para-hydroxylation sites is 1. The van der Waals surface area contributed by atoms with E-state index in [0.29, 0.717) is 23.0 Å². The molecule has 0 aliphatic heterocycles. The third-order valence-corrected chi connectivity index (χ3v) is 3.33. The second kappa shape index (κ2) is 5.33. The summed E-state index contributed by atoms with van der Waals surface area (Å²) in [5.74, 6) is 0.646. The molecule has 20 heavy (non-hydrogen) atoms. The number of ether oxygens (including phenoxy) is 1. The molecule has 0 saturated heterocycles. The van der Waals surface area contributed by atoms with Crippen molar-refractivity contribution >= 4 is 5.91 Å². The van der Waals surface area contributed by atoms with Gasteiger partial charge in [0.25, 0.3) is 5.91 Å². The Hall–Kier alpha value is -2.36. The molecule has 0 bridgehead atoms. The fraction of sp³-hybridized carbons (Fsp3) is 0.250. The summed E-state index contributed by atoms with van der Waals surface area (Å²) in [7, 11) is 1.62. The van der Waals surface area contributed by atoms with Crippen LogP contribution in [0.1, 0.15) is 23.2 Å². The summed E-state index contributed by atoms with van der Waals surface area (Å²) < 4.78 is 5.36. The fourth-order valence-corrected chi connectivity index (χ4v) is 2.13. The Labute approximate surface area is 117 Å². The Morgan fingerprint density at radius 1 is 1.25 bits per heavy atom. The van der Waals surface area contributed by atoms with Crippen LogP contribution < -0.4 is 10.1 Å². The van der Waals surface area contributed by atoms with E-state index in [4.69, 9.17) is 4.74 Å². The number of pyridine rings is 1. The van der Waals surface area contributed by atoms with E-state index in [1.807, 2.05) is 24.3 Å². The molecule has 1 aliphatic carbocycles. The monoisotopic (exact) mass is 268 g/mol. The highest BCUT2D eigenvalue weighted by Crippen LogP contribution is 2.30. The van der Waals surface area contributed by atoms with E-state index >= 15 is 0 Å². The predicted octanol–water partition coefficient (Wildman–Crippen LogP) is 2.65. The molecule has 0 spiro atoms. The quantitative estimate of drug-likeness (QED) is 0.927. The molecule has 0 atom stereocenters. The van der Waals surface area contributed by atoms with Gasteiger partial charge in [0.1, 0.15) is 5.75 Å². The fourth-order valence-electron chi connectivity index (χ4n) is 2.13. The summed E-state index contributed by atoms with van der Waals surface area (Å²) in [4.78, 5) is 16.7. The maximum Gasteiger partial charge on any atom is 0.253 e. The van der Waals surface area contributed by atoms with Gasteiger partial charge in [0, 0.05) is 17.8 Å². The van der Waals surface area contributed by atoms with Crippen LogP contribution in [-0.2, 0) is 0 Å². The van der Waals surface area contributed by atoms with Crippen molar-refractivity contribution in [3.05, 3.63) is 48.2 Å². The van der Waals surface area contributed by atoms with Crippen molar-refractivity contribution in [2.75, 3.05) is 7.11 Å². The molecular weight excluding hydrogens is 252 g/mol. The second-order valence-electron chi connectivity index (χ2n) is 4.85. The minimum Gasteiger partial charge on any atom is -0.496 e. The first-order valence-electron chi connectivity index (χ1n) is 6.69. The zero-order valence-electron chi connectivity index (χ0n) is 11.3. The Bertz CT molecular complexity index is 636. The number of hydrogen-bond acceptors (Lipinski definition) is 3. The summed E-state index contributed by atoms with van der Waals surface area (Å²) >= 11 is 0. The van der Waals surface area contributed by atoms with Gasteiger partial charge in [0.05, 0.1) is 18.4 Å². The minimum absolute atomic E-state index is 0.0680. The molecule has 1 amide bonds. The largest absolute Gasteiger partial charge is 0.496 e. The van der Waals surface area contributed by atoms with Gasteiger partial charge in [-0.1, -0.05) is 12.1 Å². The highest BCUT2D eigenvalue weighted by Gasteiger charge is 2.25. The van der Waals surface area contributed by atoms with Crippen LogP contribution in [0.2, 0.25) is 0 Å². The summed E-state index contributed by atoms with van der Waals surface area (Å²) in [6, 6.07) is 11.5. The SMILES string of the molecule is COc1ccccc1-c1ncccc1C(=O)NC1CC1. The Morgan fingerprint density at radius 2 is 2.05 bits per heavy atom. The molecule has 1 N–H and O–H groups in total. The molecule has 1 aliphatic rings. The van der Waals surface area contributed by atoms with Crippen molar-refractivity contribution in [2.45, 2.75) is 18.9 Å². The Kier molecular flexibility index (Phi) is 3.37. The Balaban J connectivity index is 2.02. The normalized spacial score (nSPS) is 13.8. The van der Waals surface area contributed by atoms with Crippen LogP contribution in [-0.4, -0.2) is 24.0 Å². The van der Waals surface area contributed by atoms with E-state index in [2.05, 4.69) is 10.3 Å². The standard InChI is InChI=1S/C16H16N2O2/c1-20-14-7-3-2-5-12(14)15-13(6-4-10-17-15)16(19)18-11-8-9-11/h2-7,10-11H,8-9H2,1H3,(H,18,19). The van der Waals surface area contributed by atoms with Crippen LogP contribution in [0, 0.1) is 0 Å². The number of benzene rings is 1. The van der Waals surface area contributed by atoms with Crippen LogP contribution in [0.3, 0.4) is 0 Å². The number of carbonyl (C=O) groups is 1. The molecule has 102 valence electrons. The van der Waals surface area contributed by atoms with Crippen molar-refractivity contribution < 1.29 is 9.53 Å². The number of nitrogens with one attached hydrogen (secondary N) is 1. The van der Waals surface area contributed by atoms with Gasteiger partial charge in [-0.15, -0.1) is 0 Å². The van der Waals surface area contributed by atoms with Gasteiger partial charge in [-0.25, -0.2) is 0 Å². The predicted molar refractivity (Wildman–Crippen MR) is 76.7 cm³/mol. The summed E-state index contributed by atoms with van der Waals surface area (Å²) in [6.45, 7) is 0. The van der Waals surface area contributed by atoms with Crippen LogP contribution >= 0.6 is 0 Å². The first-order chi connectivity index (χ1) is 9.79. The maximum absolute atomic E-state index is 12.3. The number of nitrogens with zero attached hydrogens (tertiary/aromatic N) is 1. The molecule has 3 rings (SSSR count). The molecule has 0 radical (unpaired) electrons. The van der Waals surface area contributed by atoms with Gasteiger partial charge in [-0.2, -0.15) is 0 Å². The van der Waals surface area contributed by atoms with E-state index in [9.17, 15) is 4.79 Å². The summed E-state index contributed by atoms with van der Waals surface area (Å²) in [6.07, 6.45) is 3.82. The molecule has 2 aromatic rings. The molecule has 0 unspecified atom stereocenters. The number of methoxy groups -OCH3 is 1. The zero-order chi connectivity index (χ0) is 13.9. The van der Waals surface area contributed by atoms with Gasteiger partial charge in [0.2, 0.25) is 0 Å². The van der Waals surface area contributed by atoms with Crippen molar-refractivity contribution in [1.82, 2.24) is 10.3 Å². The van der Waals surface area contributed by atoms with Crippen LogP contribution in [0.15, 0.2) is 42.6 Å². The van der Waals surface area contributed by atoms with Crippen LogP contribution in [0.5, 0.6) is 5.75 Å². The van der Waals surface area contributed by atoms with E-state index in [-0.39, 0.29) is 5.91 Å². The second-order valence-corrected chi connectivity index (χ2v) is 4.85. The molecular formula is C16H16N2O2. The van der Waals surface area contributed by atoms with Crippen LogP contribution in [0.4, 0.5) is 0 Å². The highest BCUT2D eigenvalue weighted by atomic mass is 16.5.